The summed E-state index contributed by atoms with van der Waals surface area (Å²) in [5.41, 5.74) is -1.13. The molecule has 1 aliphatic rings. The Balaban J connectivity index is 1.06. The van der Waals surface area contributed by atoms with Crippen LogP contribution in [0.2, 0.25) is 5.02 Å². The number of anilines is 2. The first-order chi connectivity index (χ1) is 26.3. The smallest absolute Gasteiger partial charge is 0.501 e. The molecule has 0 spiro atoms. The Morgan fingerprint density at radius 3 is 2.25 bits per heavy atom. The maximum absolute atomic E-state index is 13.8. The summed E-state index contributed by atoms with van der Waals surface area (Å²) >= 11 is 5.20. The van der Waals surface area contributed by atoms with Gasteiger partial charge in [-0.15, -0.1) is 11.8 Å². The van der Waals surface area contributed by atoms with Crippen LogP contribution < -0.4 is 14.9 Å². The fourth-order valence-corrected chi connectivity index (χ4v) is 9.32. The van der Waals surface area contributed by atoms with Crippen LogP contribution in [0.1, 0.15) is 35.7 Å². The molecule has 6 rings (SSSR count). The lowest BCUT2D eigenvalue weighted by molar-refractivity contribution is -0.0435. The summed E-state index contributed by atoms with van der Waals surface area (Å²) in [6, 6.07) is 35.1. The number of carbonyl (C=O) groups excluding carboxylic acids is 1. The third-order valence-corrected chi connectivity index (χ3v) is 13.5. The molecule has 1 fully saturated rings. The second-order valence-electron chi connectivity index (χ2n) is 13.3. The molecule has 2 atom stereocenters. The first kappa shape index (κ1) is 40.5. The lowest BCUT2D eigenvalue weighted by Gasteiger charge is -2.34. The molecule has 2 N–H and O–H groups in total. The Bertz CT molecular complexity index is 2190. The molecule has 0 aromatic heterocycles. The van der Waals surface area contributed by atoms with Crippen LogP contribution in [-0.2, 0) is 27.6 Å². The SMILES string of the molecule is CC(CSc1ccccc1)Nc1ccc([S+]([O-])NC(=O)c2ccc(N3CCC(Cc4ccccc4-c4ccc(Cl)cc4)CC3)cc2)cc1S(=O)(=O)C(F)(F)F. The van der Waals surface area contributed by atoms with Crippen molar-refractivity contribution in [2.75, 3.05) is 29.1 Å². The van der Waals surface area contributed by atoms with Gasteiger partial charge in [0.25, 0.3) is 15.7 Å². The monoisotopic (exact) mass is 825 g/mol. The van der Waals surface area contributed by atoms with E-state index in [9.17, 15) is 30.9 Å². The van der Waals surface area contributed by atoms with Gasteiger partial charge in [-0.05, 0) is 109 Å². The van der Waals surface area contributed by atoms with E-state index in [0.29, 0.717) is 22.8 Å². The van der Waals surface area contributed by atoms with E-state index < -0.39 is 43.6 Å². The van der Waals surface area contributed by atoms with E-state index in [2.05, 4.69) is 33.1 Å². The molecule has 55 heavy (non-hydrogen) atoms. The molecule has 288 valence electrons. The summed E-state index contributed by atoms with van der Waals surface area (Å²) in [7, 11) is -5.83. The summed E-state index contributed by atoms with van der Waals surface area (Å²) in [5.74, 6) is 0.206. The molecule has 1 aliphatic heterocycles. The van der Waals surface area contributed by atoms with Crippen LogP contribution in [0, 0.1) is 5.92 Å². The normalized spacial score (nSPS) is 15.0. The highest BCUT2D eigenvalue weighted by molar-refractivity contribution is 7.99. The summed E-state index contributed by atoms with van der Waals surface area (Å²) in [6.07, 6.45) is 2.93. The minimum atomic E-state index is -5.83. The van der Waals surface area contributed by atoms with E-state index >= 15 is 0 Å². The van der Waals surface area contributed by atoms with Crippen molar-refractivity contribution in [3.05, 3.63) is 137 Å². The number of sulfone groups is 1. The number of halogens is 4. The number of thioether (sulfide) groups is 1. The van der Waals surface area contributed by atoms with Gasteiger partial charge in [-0.1, -0.05) is 66.2 Å². The van der Waals surface area contributed by atoms with Gasteiger partial charge < -0.3 is 14.8 Å². The molecular formula is C41H39ClF3N3O4S3. The number of benzene rings is 5. The summed E-state index contributed by atoms with van der Waals surface area (Å²) in [6.45, 7) is 3.38. The fraction of sp³-hybridized carbons (Fsp3) is 0.244. The van der Waals surface area contributed by atoms with E-state index in [0.717, 1.165) is 54.6 Å². The van der Waals surface area contributed by atoms with Gasteiger partial charge in [-0.2, -0.15) is 17.9 Å². The van der Waals surface area contributed by atoms with Crippen molar-refractivity contribution in [2.24, 2.45) is 5.92 Å². The number of hydrogen-bond donors (Lipinski definition) is 2. The van der Waals surface area contributed by atoms with Crippen LogP contribution in [0.25, 0.3) is 11.1 Å². The van der Waals surface area contributed by atoms with Gasteiger partial charge in [-0.3, -0.25) is 4.79 Å². The Labute approximate surface area is 331 Å². The van der Waals surface area contributed by atoms with Gasteiger partial charge in [0.05, 0.1) is 5.69 Å². The third kappa shape index (κ3) is 10.2. The van der Waals surface area contributed by atoms with E-state index in [1.165, 1.54) is 29.0 Å². The number of piperidine rings is 1. The van der Waals surface area contributed by atoms with Crippen LogP contribution in [0.15, 0.2) is 136 Å². The molecule has 14 heteroatoms. The van der Waals surface area contributed by atoms with Crippen LogP contribution >= 0.6 is 23.4 Å². The number of alkyl halides is 3. The zero-order chi connectivity index (χ0) is 39.2. The molecule has 1 amide bonds. The van der Waals surface area contributed by atoms with Gasteiger partial charge in [0.15, 0.2) is 4.90 Å². The molecule has 0 bridgehead atoms. The zero-order valence-electron chi connectivity index (χ0n) is 29.8. The van der Waals surface area contributed by atoms with Crippen molar-refractivity contribution >= 4 is 61.8 Å². The fourth-order valence-electron chi connectivity index (χ4n) is 6.47. The molecule has 0 saturated carbocycles. The summed E-state index contributed by atoms with van der Waals surface area (Å²) < 4.78 is 82.0. The molecule has 5 aromatic rings. The van der Waals surface area contributed by atoms with E-state index in [4.69, 9.17) is 11.6 Å². The quantitative estimate of drug-likeness (QED) is 0.0901. The van der Waals surface area contributed by atoms with Gasteiger partial charge in [0.1, 0.15) is 16.3 Å². The first-order valence-electron chi connectivity index (χ1n) is 17.6. The molecule has 0 radical (unpaired) electrons. The highest BCUT2D eigenvalue weighted by Gasteiger charge is 2.48. The Hall–Kier alpha value is -4.14. The van der Waals surface area contributed by atoms with Gasteiger partial charge in [-0.25, -0.2) is 8.42 Å². The third-order valence-electron chi connectivity index (χ3n) is 9.38. The van der Waals surface area contributed by atoms with Crippen molar-refractivity contribution in [1.29, 1.82) is 0 Å². The van der Waals surface area contributed by atoms with Crippen LogP contribution in [0.3, 0.4) is 0 Å². The molecule has 1 saturated heterocycles. The Morgan fingerprint density at radius 1 is 0.927 bits per heavy atom. The molecule has 2 unspecified atom stereocenters. The van der Waals surface area contributed by atoms with Crippen molar-refractivity contribution in [1.82, 2.24) is 4.72 Å². The molecular weight excluding hydrogens is 787 g/mol. The summed E-state index contributed by atoms with van der Waals surface area (Å²) in [4.78, 5) is 14.9. The van der Waals surface area contributed by atoms with Crippen molar-refractivity contribution in [2.45, 2.75) is 52.4 Å². The van der Waals surface area contributed by atoms with Gasteiger partial charge in [0.2, 0.25) is 0 Å². The second kappa shape index (κ2) is 17.8. The maximum Gasteiger partial charge on any atom is 0.501 e. The minimum absolute atomic E-state index is 0.192. The van der Waals surface area contributed by atoms with Crippen molar-refractivity contribution in [3.8, 4) is 11.1 Å². The molecule has 5 aromatic carbocycles. The largest absolute Gasteiger partial charge is 0.588 e. The number of nitrogens with one attached hydrogen (secondary N) is 2. The number of rotatable bonds is 13. The van der Waals surface area contributed by atoms with Crippen molar-refractivity contribution < 1.29 is 30.9 Å². The number of nitrogens with zero attached hydrogens (tertiary/aromatic N) is 1. The highest BCUT2D eigenvalue weighted by atomic mass is 35.5. The van der Waals surface area contributed by atoms with E-state index in [-0.39, 0.29) is 16.1 Å². The first-order valence-corrected chi connectivity index (χ1v) is 21.6. The van der Waals surface area contributed by atoms with Crippen molar-refractivity contribution in [3.63, 3.8) is 0 Å². The number of hydrogen-bond acceptors (Lipinski definition) is 7. The maximum atomic E-state index is 13.8. The van der Waals surface area contributed by atoms with Gasteiger partial charge in [0, 0.05) is 52.1 Å². The molecule has 1 heterocycles. The molecule has 0 aliphatic carbocycles. The number of amides is 1. The highest BCUT2D eigenvalue weighted by Crippen LogP contribution is 2.37. The Morgan fingerprint density at radius 2 is 1.58 bits per heavy atom. The zero-order valence-corrected chi connectivity index (χ0v) is 33.0. The lowest BCUT2D eigenvalue weighted by Crippen LogP contribution is -2.34. The minimum Gasteiger partial charge on any atom is -0.588 e. The van der Waals surface area contributed by atoms with Crippen LogP contribution in [-0.4, -0.2) is 49.3 Å². The van der Waals surface area contributed by atoms with Gasteiger partial charge >= 0.3 is 5.51 Å². The topological polar surface area (TPSA) is 102 Å². The summed E-state index contributed by atoms with van der Waals surface area (Å²) in [5, 5.41) is 3.55. The average molecular weight is 826 g/mol. The number of carbonyl (C=O) groups is 1. The standard InChI is InChI=1S/C41H39ClF3N3O4S3/c1-28(27-53-35-8-3-2-4-9-35)46-38-20-19-36(26-39(38)55(51,52)41(43,44)45)54(50)47-40(49)31-13-17-34(18-14-31)48-23-21-29(22-24-48)25-32-7-5-6-10-37(32)30-11-15-33(42)16-12-30/h2-20,26,28-29,46H,21-25,27H2,1H3,(H,47,49). The van der Waals surface area contributed by atoms with E-state index in [1.54, 1.807) is 31.2 Å². The Kier molecular flexibility index (Phi) is 13.1. The van der Waals surface area contributed by atoms with Crippen LogP contribution in [0.4, 0.5) is 24.5 Å². The second-order valence-corrected chi connectivity index (χ2v) is 18.0. The predicted octanol–water partition coefficient (Wildman–Crippen LogP) is 9.80. The molecule has 7 nitrogen and oxygen atoms in total. The van der Waals surface area contributed by atoms with Crippen LogP contribution in [0.5, 0.6) is 0 Å². The average Bonchev–Trinajstić information content (AvgIpc) is 3.18. The predicted molar refractivity (Wildman–Crippen MR) is 216 cm³/mol. The lowest BCUT2D eigenvalue weighted by atomic mass is 9.87. The van der Waals surface area contributed by atoms with E-state index in [1.807, 2.05) is 60.7 Å².